The van der Waals surface area contributed by atoms with Crippen molar-refractivity contribution in [2.75, 3.05) is 0 Å². The SMILES string of the molecule is O=C(O)c1ccc(Oc2ccccc2Sc2ccccc2)cc1C(=O)O. The minimum atomic E-state index is -1.32. The number of rotatable bonds is 6. The van der Waals surface area contributed by atoms with Gasteiger partial charge in [-0.1, -0.05) is 42.1 Å². The molecule has 0 saturated heterocycles. The van der Waals surface area contributed by atoms with Crippen LogP contribution in [-0.2, 0) is 0 Å². The molecule has 5 nitrogen and oxygen atoms in total. The molecule has 0 amide bonds. The van der Waals surface area contributed by atoms with Crippen LogP contribution >= 0.6 is 11.8 Å². The first-order valence-corrected chi connectivity index (χ1v) is 8.46. The molecule has 0 aliphatic carbocycles. The van der Waals surface area contributed by atoms with Gasteiger partial charge < -0.3 is 14.9 Å². The molecule has 6 heteroatoms. The Labute approximate surface area is 153 Å². The van der Waals surface area contributed by atoms with E-state index in [1.54, 1.807) is 6.07 Å². The van der Waals surface area contributed by atoms with Crippen LogP contribution in [-0.4, -0.2) is 22.2 Å². The first-order valence-electron chi connectivity index (χ1n) is 7.65. The summed E-state index contributed by atoms with van der Waals surface area (Å²) >= 11 is 1.52. The Morgan fingerprint density at radius 2 is 1.42 bits per heavy atom. The second-order valence-electron chi connectivity index (χ2n) is 5.28. The summed E-state index contributed by atoms with van der Waals surface area (Å²) in [6, 6.07) is 21.0. The predicted octanol–water partition coefficient (Wildman–Crippen LogP) is 5.03. The lowest BCUT2D eigenvalue weighted by Crippen LogP contribution is -2.08. The topological polar surface area (TPSA) is 83.8 Å². The molecular formula is C20H14O5S. The van der Waals surface area contributed by atoms with Crippen LogP contribution in [0.5, 0.6) is 11.5 Å². The number of hydrogen-bond donors (Lipinski definition) is 2. The number of aromatic carboxylic acids is 2. The molecule has 0 fully saturated rings. The van der Waals surface area contributed by atoms with E-state index >= 15 is 0 Å². The number of carboxylic acid groups (broad SMARTS) is 2. The molecule has 3 rings (SSSR count). The second-order valence-corrected chi connectivity index (χ2v) is 6.40. The molecule has 0 heterocycles. The van der Waals surface area contributed by atoms with Crippen molar-refractivity contribution in [1.82, 2.24) is 0 Å². The Kier molecular flexibility index (Phi) is 5.24. The van der Waals surface area contributed by atoms with Crippen molar-refractivity contribution in [2.24, 2.45) is 0 Å². The molecule has 0 saturated carbocycles. The van der Waals surface area contributed by atoms with Crippen LogP contribution in [0.25, 0.3) is 0 Å². The van der Waals surface area contributed by atoms with Crippen molar-refractivity contribution in [3.63, 3.8) is 0 Å². The normalized spacial score (nSPS) is 10.3. The van der Waals surface area contributed by atoms with E-state index in [2.05, 4.69) is 0 Å². The molecule has 0 bridgehead atoms. The molecule has 0 atom stereocenters. The van der Waals surface area contributed by atoms with Gasteiger partial charge in [0, 0.05) is 4.90 Å². The third-order valence-electron chi connectivity index (χ3n) is 3.50. The molecule has 2 N–H and O–H groups in total. The molecule has 0 spiro atoms. The molecule has 0 unspecified atom stereocenters. The fourth-order valence-corrected chi connectivity index (χ4v) is 3.22. The smallest absolute Gasteiger partial charge is 0.336 e. The molecule has 0 radical (unpaired) electrons. The molecule has 3 aromatic rings. The summed E-state index contributed by atoms with van der Waals surface area (Å²) in [6.07, 6.45) is 0. The van der Waals surface area contributed by atoms with Gasteiger partial charge in [-0.2, -0.15) is 0 Å². The Morgan fingerprint density at radius 1 is 0.769 bits per heavy atom. The van der Waals surface area contributed by atoms with Crippen molar-refractivity contribution < 1.29 is 24.5 Å². The zero-order valence-electron chi connectivity index (χ0n) is 13.5. The molecule has 0 aliphatic heterocycles. The lowest BCUT2D eigenvalue weighted by atomic mass is 10.1. The first-order chi connectivity index (χ1) is 12.5. The van der Waals surface area contributed by atoms with Gasteiger partial charge in [0.05, 0.1) is 16.0 Å². The van der Waals surface area contributed by atoms with E-state index in [1.807, 2.05) is 48.5 Å². The van der Waals surface area contributed by atoms with Gasteiger partial charge >= 0.3 is 11.9 Å². The highest BCUT2D eigenvalue weighted by molar-refractivity contribution is 7.99. The Morgan fingerprint density at radius 3 is 2.12 bits per heavy atom. The van der Waals surface area contributed by atoms with Gasteiger partial charge in [-0.3, -0.25) is 0 Å². The molecule has 130 valence electrons. The van der Waals surface area contributed by atoms with Gasteiger partial charge in [0.15, 0.2) is 0 Å². The van der Waals surface area contributed by atoms with Crippen LogP contribution < -0.4 is 4.74 Å². The summed E-state index contributed by atoms with van der Waals surface area (Å²) < 4.78 is 5.83. The van der Waals surface area contributed by atoms with Crippen LogP contribution in [0.2, 0.25) is 0 Å². The highest BCUT2D eigenvalue weighted by atomic mass is 32.2. The maximum absolute atomic E-state index is 11.3. The largest absolute Gasteiger partial charge is 0.478 e. The molecular weight excluding hydrogens is 352 g/mol. The van der Waals surface area contributed by atoms with Gasteiger partial charge in [-0.15, -0.1) is 0 Å². The average molecular weight is 366 g/mol. The number of benzene rings is 3. The monoisotopic (exact) mass is 366 g/mol. The highest BCUT2D eigenvalue weighted by Crippen LogP contribution is 2.37. The lowest BCUT2D eigenvalue weighted by Gasteiger charge is -2.12. The van der Waals surface area contributed by atoms with Crippen LogP contribution in [0.3, 0.4) is 0 Å². The van der Waals surface area contributed by atoms with E-state index in [1.165, 1.54) is 30.0 Å². The van der Waals surface area contributed by atoms with E-state index in [0.717, 1.165) is 9.79 Å². The Balaban J connectivity index is 1.91. The molecule has 3 aromatic carbocycles. The molecule has 26 heavy (non-hydrogen) atoms. The fraction of sp³-hybridized carbons (Fsp3) is 0. The van der Waals surface area contributed by atoms with Gasteiger partial charge in [0.25, 0.3) is 0 Å². The van der Waals surface area contributed by atoms with Crippen molar-refractivity contribution in [1.29, 1.82) is 0 Å². The Hall–Kier alpha value is -3.25. The maximum atomic E-state index is 11.3. The van der Waals surface area contributed by atoms with E-state index in [9.17, 15) is 14.7 Å². The molecule has 0 aliphatic rings. The summed E-state index contributed by atoms with van der Waals surface area (Å²) in [5.74, 6) is -1.80. The van der Waals surface area contributed by atoms with E-state index in [-0.39, 0.29) is 16.9 Å². The molecule has 0 aromatic heterocycles. The van der Waals surface area contributed by atoms with E-state index in [4.69, 9.17) is 9.84 Å². The lowest BCUT2D eigenvalue weighted by molar-refractivity contribution is 0.0651. The minimum Gasteiger partial charge on any atom is -0.478 e. The van der Waals surface area contributed by atoms with Crippen molar-refractivity contribution >= 4 is 23.7 Å². The van der Waals surface area contributed by atoms with Crippen LogP contribution in [0.1, 0.15) is 20.7 Å². The van der Waals surface area contributed by atoms with Gasteiger partial charge in [0.1, 0.15) is 11.5 Å². The highest BCUT2D eigenvalue weighted by Gasteiger charge is 2.17. The number of hydrogen-bond acceptors (Lipinski definition) is 4. The number of ether oxygens (including phenoxy) is 1. The summed E-state index contributed by atoms with van der Waals surface area (Å²) in [5.41, 5.74) is -0.597. The summed E-state index contributed by atoms with van der Waals surface area (Å²) in [7, 11) is 0. The average Bonchev–Trinajstić information content (AvgIpc) is 2.64. The number of carbonyl (C=O) groups is 2. The van der Waals surface area contributed by atoms with E-state index in [0.29, 0.717) is 5.75 Å². The summed E-state index contributed by atoms with van der Waals surface area (Å²) in [6.45, 7) is 0. The zero-order valence-corrected chi connectivity index (χ0v) is 14.3. The summed E-state index contributed by atoms with van der Waals surface area (Å²) in [5, 5.41) is 18.3. The van der Waals surface area contributed by atoms with Gasteiger partial charge in [-0.05, 0) is 42.5 Å². The zero-order chi connectivity index (χ0) is 18.5. The maximum Gasteiger partial charge on any atom is 0.336 e. The predicted molar refractivity (Wildman–Crippen MR) is 97.4 cm³/mol. The van der Waals surface area contributed by atoms with Crippen LogP contribution in [0, 0.1) is 0 Å². The summed E-state index contributed by atoms with van der Waals surface area (Å²) in [4.78, 5) is 24.4. The van der Waals surface area contributed by atoms with Crippen LogP contribution in [0.4, 0.5) is 0 Å². The van der Waals surface area contributed by atoms with Crippen molar-refractivity contribution in [3.8, 4) is 11.5 Å². The second kappa shape index (κ2) is 7.76. The fourth-order valence-electron chi connectivity index (χ4n) is 2.31. The van der Waals surface area contributed by atoms with Crippen LogP contribution in [0.15, 0.2) is 82.6 Å². The van der Waals surface area contributed by atoms with E-state index < -0.39 is 11.9 Å². The minimum absolute atomic E-state index is 0.258. The first kappa shape index (κ1) is 17.6. The number of para-hydroxylation sites is 1. The Bertz CT molecular complexity index is 953. The van der Waals surface area contributed by atoms with Gasteiger partial charge in [0.2, 0.25) is 0 Å². The quantitative estimate of drug-likeness (QED) is 0.637. The van der Waals surface area contributed by atoms with Crippen molar-refractivity contribution in [2.45, 2.75) is 9.79 Å². The van der Waals surface area contributed by atoms with Crippen molar-refractivity contribution in [3.05, 3.63) is 83.9 Å². The third kappa shape index (κ3) is 4.04. The third-order valence-corrected chi connectivity index (χ3v) is 4.56. The number of carboxylic acids is 2. The standard InChI is InChI=1S/C20H14O5S/c21-19(22)15-11-10-13(12-16(15)20(23)24)25-17-8-4-5-9-18(17)26-14-6-2-1-3-7-14/h1-12H,(H,21,22)(H,23,24). The van der Waals surface area contributed by atoms with Gasteiger partial charge in [-0.25, -0.2) is 9.59 Å².